The Morgan fingerprint density at radius 2 is 1.94 bits per heavy atom. The number of guanidine groups is 1. The molecular formula is C10H14ClN3O3S. The zero-order valence-electron chi connectivity index (χ0n) is 9.85. The van der Waals surface area contributed by atoms with E-state index in [0.29, 0.717) is 5.56 Å². The summed E-state index contributed by atoms with van der Waals surface area (Å²) in [4.78, 5) is 11.6. The molecule has 0 aliphatic carbocycles. The minimum absolute atomic E-state index is 0. The second-order valence-electron chi connectivity index (χ2n) is 3.62. The maximum atomic E-state index is 11.5. The molecule has 0 saturated heterocycles. The van der Waals surface area contributed by atoms with Gasteiger partial charge in [0.15, 0.2) is 15.8 Å². The lowest BCUT2D eigenvalue weighted by Gasteiger charge is -2.07. The number of hydrogen-bond acceptors (Lipinski definition) is 4. The van der Waals surface area contributed by atoms with Gasteiger partial charge in [0.2, 0.25) is 0 Å². The van der Waals surface area contributed by atoms with Crippen LogP contribution in [0.15, 0.2) is 23.1 Å². The summed E-state index contributed by atoms with van der Waals surface area (Å²) >= 11 is 0. The van der Waals surface area contributed by atoms with Gasteiger partial charge in [0.05, 0.1) is 4.90 Å². The number of halogens is 1. The predicted octanol–water partition coefficient (Wildman–Crippen LogP) is 0.444. The molecule has 1 aromatic carbocycles. The third-order valence-corrected chi connectivity index (χ3v) is 3.34. The SMILES string of the molecule is Cc1ccc(C(=O)NC(=N)N)cc1S(C)(=O)=O.Cl. The molecule has 0 bridgehead atoms. The number of nitrogens with two attached hydrogens (primary N) is 1. The highest BCUT2D eigenvalue weighted by Crippen LogP contribution is 2.16. The van der Waals surface area contributed by atoms with Crippen LogP contribution in [0.3, 0.4) is 0 Å². The molecule has 6 nitrogen and oxygen atoms in total. The molecule has 0 unspecified atom stereocenters. The highest BCUT2D eigenvalue weighted by Gasteiger charge is 2.14. The van der Waals surface area contributed by atoms with Gasteiger partial charge in [0, 0.05) is 11.8 Å². The molecule has 1 amide bonds. The van der Waals surface area contributed by atoms with E-state index in [9.17, 15) is 13.2 Å². The first-order chi connectivity index (χ1) is 7.71. The second kappa shape index (κ2) is 5.83. The van der Waals surface area contributed by atoms with E-state index < -0.39 is 21.7 Å². The van der Waals surface area contributed by atoms with Crippen LogP contribution < -0.4 is 11.1 Å². The fraction of sp³-hybridized carbons (Fsp3) is 0.200. The number of aryl methyl sites for hydroxylation is 1. The molecule has 0 spiro atoms. The van der Waals surface area contributed by atoms with Gasteiger partial charge in [-0.2, -0.15) is 0 Å². The fourth-order valence-electron chi connectivity index (χ4n) is 1.34. The van der Waals surface area contributed by atoms with Gasteiger partial charge in [-0.05, 0) is 24.6 Å². The van der Waals surface area contributed by atoms with E-state index >= 15 is 0 Å². The van der Waals surface area contributed by atoms with Gasteiger partial charge < -0.3 is 5.73 Å². The lowest BCUT2D eigenvalue weighted by Crippen LogP contribution is -2.35. The first-order valence-corrected chi connectivity index (χ1v) is 6.57. The Morgan fingerprint density at radius 3 is 2.39 bits per heavy atom. The third kappa shape index (κ3) is 4.01. The molecule has 1 rings (SSSR count). The Hall–Kier alpha value is -1.60. The molecule has 1 aromatic rings. The van der Waals surface area contributed by atoms with Crippen molar-refractivity contribution in [3.05, 3.63) is 29.3 Å². The van der Waals surface area contributed by atoms with Crippen LogP contribution in [0.1, 0.15) is 15.9 Å². The number of carbonyl (C=O) groups is 1. The Labute approximate surface area is 111 Å². The minimum atomic E-state index is -3.38. The maximum absolute atomic E-state index is 11.5. The Bertz CT molecular complexity index is 584. The normalized spacial score (nSPS) is 10.3. The van der Waals surface area contributed by atoms with Crippen molar-refractivity contribution in [2.45, 2.75) is 11.8 Å². The predicted molar refractivity (Wildman–Crippen MR) is 70.9 cm³/mol. The van der Waals surface area contributed by atoms with E-state index in [2.05, 4.69) is 5.32 Å². The molecule has 0 radical (unpaired) electrons. The monoisotopic (exact) mass is 291 g/mol. The topological polar surface area (TPSA) is 113 Å². The van der Waals surface area contributed by atoms with Crippen LogP contribution in [0.4, 0.5) is 0 Å². The number of carbonyl (C=O) groups excluding carboxylic acids is 1. The number of hydrogen-bond donors (Lipinski definition) is 3. The largest absolute Gasteiger partial charge is 0.370 e. The summed E-state index contributed by atoms with van der Waals surface area (Å²) in [7, 11) is -3.38. The van der Waals surface area contributed by atoms with Gasteiger partial charge in [0.25, 0.3) is 5.91 Å². The summed E-state index contributed by atoms with van der Waals surface area (Å²) in [5.41, 5.74) is 5.72. The Kier molecular flexibility index (Phi) is 5.31. The van der Waals surface area contributed by atoms with Crippen LogP contribution in [0.25, 0.3) is 0 Å². The fourth-order valence-corrected chi connectivity index (χ4v) is 2.33. The van der Waals surface area contributed by atoms with Crippen molar-refractivity contribution >= 4 is 34.1 Å². The first kappa shape index (κ1) is 16.4. The highest BCUT2D eigenvalue weighted by atomic mass is 35.5. The number of benzene rings is 1. The summed E-state index contributed by atoms with van der Waals surface area (Å²) in [5.74, 6) is -1.10. The number of rotatable bonds is 2. The van der Waals surface area contributed by atoms with Crippen LogP contribution in [0.2, 0.25) is 0 Å². The van der Waals surface area contributed by atoms with E-state index in [4.69, 9.17) is 11.1 Å². The molecule has 0 aliphatic rings. The van der Waals surface area contributed by atoms with Gasteiger partial charge in [-0.25, -0.2) is 8.42 Å². The van der Waals surface area contributed by atoms with E-state index in [1.807, 2.05) is 0 Å². The van der Waals surface area contributed by atoms with E-state index in [1.165, 1.54) is 18.2 Å². The lowest BCUT2D eigenvalue weighted by atomic mass is 10.1. The van der Waals surface area contributed by atoms with Gasteiger partial charge in [0.1, 0.15) is 0 Å². The Morgan fingerprint density at radius 1 is 1.39 bits per heavy atom. The number of nitrogens with one attached hydrogen (secondary N) is 2. The molecule has 18 heavy (non-hydrogen) atoms. The first-order valence-electron chi connectivity index (χ1n) is 4.68. The maximum Gasteiger partial charge on any atom is 0.257 e. The average Bonchev–Trinajstić information content (AvgIpc) is 2.15. The summed E-state index contributed by atoms with van der Waals surface area (Å²) in [6.07, 6.45) is 1.07. The van der Waals surface area contributed by atoms with E-state index in [1.54, 1.807) is 6.92 Å². The summed E-state index contributed by atoms with van der Waals surface area (Å²) in [6.45, 7) is 1.64. The van der Waals surface area contributed by atoms with Gasteiger partial charge in [-0.1, -0.05) is 6.07 Å². The highest BCUT2D eigenvalue weighted by molar-refractivity contribution is 7.90. The van der Waals surface area contributed by atoms with E-state index in [0.717, 1.165) is 6.26 Å². The molecule has 0 atom stereocenters. The van der Waals surface area contributed by atoms with Crippen molar-refractivity contribution in [3.63, 3.8) is 0 Å². The van der Waals surface area contributed by atoms with Gasteiger partial charge >= 0.3 is 0 Å². The summed E-state index contributed by atoms with van der Waals surface area (Å²) in [5, 5.41) is 9.00. The zero-order valence-corrected chi connectivity index (χ0v) is 11.5. The average molecular weight is 292 g/mol. The van der Waals surface area contributed by atoms with Crippen LogP contribution in [-0.2, 0) is 9.84 Å². The molecule has 0 aliphatic heterocycles. The molecule has 4 N–H and O–H groups in total. The molecule has 0 aromatic heterocycles. The molecular weight excluding hydrogens is 278 g/mol. The number of amides is 1. The van der Waals surface area contributed by atoms with Crippen molar-refractivity contribution in [3.8, 4) is 0 Å². The molecule has 0 fully saturated rings. The summed E-state index contributed by atoms with van der Waals surface area (Å²) in [6, 6.07) is 4.27. The smallest absolute Gasteiger partial charge is 0.257 e. The minimum Gasteiger partial charge on any atom is -0.370 e. The van der Waals surface area contributed by atoms with Crippen LogP contribution >= 0.6 is 12.4 Å². The van der Waals surface area contributed by atoms with Crippen molar-refractivity contribution in [2.24, 2.45) is 5.73 Å². The van der Waals surface area contributed by atoms with Crippen LogP contribution in [-0.4, -0.2) is 26.5 Å². The van der Waals surface area contributed by atoms with Gasteiger partial charge in [-0.3, -0.25) is 15.5 Å². The van der Waals surface area contributed by atoms with Crippen molar-refractivity contribution < 1.29 is 13.2 Å². The van der Waals surface area contributed by atoms with Crippen LogP contribution in [0.5, 0.6) is 0 Å². The number of sulfone groups is 1. The lowest BCUT2D eigenvalue weighted by molar-refractivity contribution is 0.0976. The van der Waals surface area contributed by atoms with Crippen molar-refractivity contribution in [1.29, 1.82) is 5.41 Å². The van der Waals surface area contributed by atoms with E-state index in [-0.39, 0.29) is 22.9 Å². The van der Waals surface area contributed by atoms with Crippen LogP contribution in [0, 0.1) is 12.3 Å². The second-order valence-corrected chi connectivity index (χ2v) is 5.60. The van der Waals surface area contributed by atoms with Crippen molar-refractivity contribution in [2.75, 3.05) is 6.26 Å². The van der Waals surface area contributed by atoms with Gasteiger partial charge in [-0.15, -0.1) is 12.4 Å². The molecule has 100 valence electrons. The molecule has 0 saturated carbocycles. The zero-order chi connectivity index (χ0) is 13.2. The standard InChI is InChI=1S/C10H13N3O3S.ClH/c1-6-3-4-7(9(14)13-10(11)12)5-8(6)17(2,15)16;/h3-5H,1-2H3,(H4,11,12,13,14);1H. The summed E-state index contributed by atoms with van der Waals surface area (Å²) < 4.78 is 22.9. The quantitative estimate of drug-likeness (QED) is 0.542. The Balaban J connectivity index is 0.00000289. The third-order valence-electron chi connectivity index (χ3n) is 2.10. The molecule has 8 heteroatoms. The molecule has 0 heterocycles. The van der Waals surface area contributed by atoms with Crippen molar-refractivity contribution in [1.82, 2.24) is 5.32 Å².